The first-order chi connectivity index (χ1) is 6.60. The lowest BCUT2D eigenvalue weighted by Crippen LogP contribution is -1.99. The summed E-state index contributed by atoms with van der Waals surface area (Å²) < 4.78 is 0.524. The minimum absolute atomic E-state index is 0.212. The monoisotopic (exact) mass is 304 g/mol. The van der Waals surface area contributed by atoms with Crippen molar-refractivity contribution in [3.05, 3.63) is 36.9 Å². The molecule has 0 saturated carbocycles. The highest BCUT2D eigenvalue weighted by Gasteiger charge is 2.17. The number of halogens is 1. The maximum absolute atomic E-state index is 10.6. The van der Waals surface area contributed by atoms with Crippen molar-refractivity contribution in [1.29, 1.82) is 5.26 Å². The normalized spacial score (nSPS) is 9.50. The van der Waals surface area contributed by atoms with Crippen molar-refractivity contribution in [3.63, 3.8) is 0 Å². The Balaban J connectivity index is 3.45. The molecule has 0 heterocycles. The third-order valence-corrected chi connectivity index (χ3v) is 2.62. The van der Waals surface area contributed by atoms with Crippen LogP contribution in [0.15, 0.2) is 12.1 Å². The van der Waals surface area contributed by atoms with Crippen molar-refractivity contribution in [2.45, 2.75) is 6.61 Å². The molecule has 72 valence electrons. The molecule has 1 aromatic rings. The van der Waals surface area contributed by atoms with E-state index in [0.29, 0.717) is 3.57 Å². The Morgan fingerprint density at radius 1 is 1.64 bits per heavy atom. The van der Waals surface area contributed by atoms with Crippen LogP contribution >= 0.6 is 22.6 Å². The van der Waals surface area contributed by atoms with Gasteiger partial charge in [-0.25, -0.2) is 0 Å². The first-order valence-electron chi connectivity index (χ1n) is 3.58. The van der Waals surface area contributed by atoms with Gasteiger partial charge in [-0.2, -0.15) is 5.26 Å². The average molecular weight is 304 g/mol. The second-order valence-corrected chi connectivity index (χ2v) is 3.64. The minimum atomic E-state index is -0.603. The highest BCUT2D eigenvalue weighted by atomic mass is 127. The maximum atomic E-state index is 10.6. The van der Waals surface area contributed by atoms with Gasteiger partial charge in [-0.1, -0.05) is 0 Å². The van der Waals surface area contributed by atoms with Crippen molar-refractivity contribution >= 4 is 28.3 Å². The summed E-state index contributed by atoms with van der Waals surface area (Å²) in [5.74, 6) is 0. The molecule has 0 saturated heterocycles. The standard InChI is InChI=1S/C8H5IN2O3/c9-7-1-5(3-10)2-8(11(13)14)6(7)4-12/h1-2,12H,4H2. The van der Waals surface area contributed by atoms with Crippen LogP contribution in [0.3, 0.4) is 0 Å². The topological polar surface area (TPSA) is 87.2 Å². The number of nitrogens with zero attached hydrogens (tertiary/aromatic N) is 2. The van der Waals surface area contributed by atoms with Crippen molar-refractivity contribution in [1.82, 2.24) is 0 Å². The average Bonchev–Trinajstić information content (AvgIpc) is 2.16. The van der Waals surface area contributed by atoms with E-state index < -0.39 is 11.5 Å². The fourth-order valence-corrected chi connectivity index (χ4v) is 1.79. The molecule has 14 heavy (non-hydrogen) atoms. The van der Waals surface area contributed by atoms with E-state index in [2.05, 4.69) is 0 Å². The van der Waals surface area contributed by atoms with E-state index in [4.69, 9.17) is 10.4 Å². The van der Waals surface area contributed by atoms with Crippen molar-refractivity contribution in [2.24, 2.45) is 0 Å². The van der Waals surface area contributed by atoms with Crippen LogP contribution < -0.4 is 0 Å². The van der Waals surface area contributed by atoms with E-state index >= 15 is 0 Å². The zero-order valence-electron chi connectivity index (χ0n) is 6.90. The van der Waals surface area contributed by atoms with E-state index in [-0.39, 0.29) is 16.8 Å². The highest BCUT2D eigenvalue weighted by molar-refractivity contribution is 14.1. The molecule has 0 aliphatic heterocycles. The van der Waals surface area contributed by atoms with Gasteiger partial charge in [-0.05, 0) is 28.7 Å². The lowest BCUT2D eigenvalue weighted by atomic mass is 10.1. The van der Waals surface area contributed by atoms with Crippen LogP contribution in [0.1, 0.15) is 11.1 Å². The zero-order chi connectivity index (χ0) is 10.7. The van der Waals surface area contributed by atoms with E-state index in [1.165, 1.54) is 6.07 Å². The fourth-order valence-electron chi connectivity index (χ4n) is 1.01. The molecule has 1 rings (SSSR count). The lowest BCUT2D eigenvalue weighted by molar-refractivity contribution is -0.386. The molecular weight excluding hydrogens is 299 g/mol. The Morgan fingerprint density at radius 2 is 2.29 bits per heavy atom. The number of aliphatic hydroxyl groups is 1. The van der Waals surface area contributed by atoms with Gasteiger partial charge in [0, 0.05) is 9.64 Å². The second-order valence-electron chi connectivity index (χ2n) is 2.48. The molecule has 0 fully saturated rings. The van der Waals surface area contributed by atoms with Gasteiger partial charge in [0.05, 0.1) is 28.7 Å². The lowest BCUT2D eigenvalue weighted by Gasteiger charge is -2.02. The molecule has 0 amide bonds. The summed E-state index contributed by atoms with van der Waals surface area (Å²) in [7, 11) is 0. The summed E-state index contributed by atoms with van der Waals surface area (Å²) in [5.41, 5.74) is 0.254. The van der Waals surface area contributed by atoms with Crippen LogP contribution in [-0.4, -0.2) is 10.0 Å². The van der Waals surface area contributed by atoms with Crippen LogP contribution in [0.2, 0.25) is 0 Å². The third-order valence-electron chi connectivity index (χ3n) is 1.66. The summed E-state index contributed by atoms with van der Waals surface area (Å²) in [4.78, 5) is 9.98. The molecule has 1 N–H and O–H groups in total. The van der Waals surface area contributed by atoms with Gasteiger partial charge in [-0.3, -0.25) is 10.1 Å². The van der Waals surface area contributed by atoms with Crippen LogP contribution in [0, 0.1) is 25.0 Å². The van der Waals surface area contributed by atoms with E-state index in [1.54, 1.807) is 0 Å². The number of nitro groups is 1. The smallest absolute Gasteiger partial charge is 0.277 e. The van der Waals surface area contributed by atoms with Crippen molar-refractivity contribution in [2.75, 3.05) is 0 Å². The Morgan fingerprint density at radius 3 is 2.71 bits per heavy atom. The van der Waals surface area contributed by atoms with Crippen LogP contribution in [0.5, 0.6) is 0 Å². The Bertz CT molecular complexity index is 425. The molecule has 0 unspecified atom stereocenters. The Labute approximate surface area is 93.3 Å². The summed E-state index contributed by atoms with van der Waals surface area (Å²) in [6.07, 6.45) is 0. The largest absolute Gasteiger partial charge is 0.391 e. The predicted molar refractivity (Wildman–Crippen MR) is 56.5 cm³/mol. The summed E-state index contributed by atoms with van der Waals surface area (Å²) in [6, 6.07) is 4.48. The second kappa shape index (κ2) is 4.34. The number of benzene rings is 1. The van der Waals surface area contributed by atoms with Gasteiger partial charge in [0.15, 0.2) is 0 Å². The quantitative estimate of drug-likeness (QED) is 0.510. The number of hydrogen-bond acceptors (Lipinski definition) is 4. The van der Waals surface area contributed by atoms with Gasteiger partial charge < -0.3 is 5.11 Å². The van der Waals surface area contributed by atoms with Gasteiger partial charge in [0.1, 0.15) is 0 Å². The maximum Gasteiger partial charge on any atom is 0.277 e. The van der Waals surface area contributed by atoms with Crippen LogP contribution in [0.4, 0.5) is 5.69 Å². The molecule has 6 heteroatoms. The van der Waals surface area contributed by atoms with E-state index in [1.807, 2.05) is 28.7 Å². The van der Waals surface area contributed by atoms with E-state index in [0.717, 1.165) is 6.07 Å². The van der Waals surface area contributed by atoms with Gasteiger partial charge in [0.2, 0.25) is 0 Å². The van der Waals surface area contributed by atoms with Gasteiger partial charge >= 0.3 is 0 Å². The predicted octanol–water partition coefficient (Wildman–Crippen LogP) is 1.56. The number of nitriles is 1. The molecule has 0 spiro atoms. The molecule has 5 nitrogen and oxygen atoms in total. The fraction of sp³-hybridized carbons (Fsp3) is 0.125. The third kappa shape index (κ3) is 2.00. The molecule has 0 aromatic heterocycles. The van der Waals surface area contributed by atoms with Gasteiger partial charge in [-0.15, -0.1) is 0 Å². The Hall–Kier alpha value is -1.20. The van der Waals surface area contributed by atoms with Crippen LogP contribution in [0.25, 0.3) is 0 Å². The SMILES string of the molecule is N#Cc1cc(I)c(CO)c([N+](=O)[O-])c1. The highest BCUT2D eigenvalue weighted by Crippen LogP contribution is 2.25. The minimum Gasteiger partial charge on any atom is -0.391 e. The summed E-state index contributed by atoms with van der Waals surface area (Å²) >= 11 is 1.85. The first-order valence-corrected chi connectivity index (χ1v) is 4.65. The first kappa shape index (κ1) is 10.9. The molecule has 0 radical (unpaired) electrons. The summed E-state index contributed by atoms with van der Waals surface area (Å²) in [6.45, 7) is -0.402. The molecule has 1 aromatic carbocycles. The zero-order valence-corrected chi connectivity index (χ0v) is 9.06. The molecule has 0 aliphatic rings. The molecule has 0 aliphatic carbocycles. The van der Waals surface area contributed by atoms with E-state index in [9.17, 15) is 10.1 Å². The van der Waals surface area contributed by atoms with Gasteiger partial charge in [0.25, 0.3) is 5.69 Å². The molecule has 0 atom stereocenters. The van der Waals surface area contributed by atoms with Crippen molar-refractivity contribution < 1.29 is 10.0 Å². The van der Waals surface area contributed by atoms with Crippen LogP contribution in [-0.2, 0) is 6.61 Å². The Kier molecular flexibility index (Phi) is 3.38. The number of rotatable bonds is 2. The number of hydrogen-bond donors (Lipinski definition) is 1. The number of nitro benzene ring substituents is 1. The summed E-state index contributed by atoms with van der Waals surface area (Å²) in [5, 5.41) is 28.1. The van der Waals surface area contributed by atoms with Crippen molar-refractivity contribution in [3.8, 4) is 6.07 Å². The molecule has 0 bridgehead atoms. The molecular formula is C8H5IN2O3. The number of aliphatic hydroxyl groups excluding tert-OH is 1.